The summed E-state index contributed by atoms with van der Waals surface area (Å²) in [6.07, 6.45) is 61.1. The second-order valence-corrected chi connectivity index (χ2v) is 15.4. The third-order valence-corrected chi connectivity index (χ3v) is 9.77. The van der Waals surface area contributed by atoms with Gasteiger partial charge in [-0.3, -0.25) is 14.4 Å². The molecule has 0 aliphatic heterocycles. The number of carbonyl (C=O) groups excluding carboxylic acids is 3. The van der Waals surface area contributed by atoms with Gasteiger partial charge in [0.05, 0.1) is 0 Å². The van der Waals surface area contributed by atoms with Crippen LogP contribution in [0.15, 0.2) is 97.2 Å². The summed E-state index contributed by atoms with van der Waals surface area (Å²) in [5, 5.41) is 0. The highest BCUT2D eigenvalue weighted by molar-refractivity contribution is 5.71. The zero-order valence-electron chi connectivity index (χ0n) is 38.0. The van der Waals surface area contributed by atoms with Crippen LogP contribution in [0.2, 0.25) is 0 Å². The van der Waals surface area contributed by atoms with Crippen LogP contribution in [0.1, 0.15) is 201 Å². The zero-order chi connectivity index (χ0) is 43.0. The molecule has 0 aromatic rings. The van der Waals surface area contributed by atoms with Gasteiger partial charge in [-0.15, -0.1) is 0 Å². The molecule has 0 heterocycles. The number of unbranched alkanes of at least 4 members (excludes halogenated alkanes) is 20. The molecule has 1 atom stereocenters. The monoisotopic (exact) mass is 819 g/mol. The molecule has 0 saturated heterocycles. The van der Waals surface area contributed by atoms with Crippen LogP contribution >= 0.6 is 0 Å². The Labute approximate surface area is 362 Å². The van der Waals surface area contributed by atoms with E-state index in [0.717, 1.165) is 77.0 Å². The van der Waals surface area contributed by atoms with Crippen molar-refractivity contribution >= 4 is 17.9 Å². The maximum absolute atomic E-state index is 12.7. The molecule has 0 aromatic carbocycles. The van der Waals surface area contributed by atoms with Crippen molar-refractivity contribution in [3.63, 3.8) is 0 Å². The molecular formula is C53H86O6. The van der Waals surface area contributed by atoms with Crippen molar-refractivity contribution in [2.24, 2.45) is 0 Å². The Kier molecular flexibility index (Phi) is 44.1. The van der Waals surface area contributed by atoms with Gasteiger partial charge < -0.3 is 14.2 Å². The highest BCUT2D eigenvalue weighted by Crippen LogP contribution is 2.15. The Morgan fingerprint density at radius 1 is 0.356 bits per heavy atom. The summed E-state index contributed by atoms with van der Waals surface area (Å²) in [5.74, 6) is -0.992. The quantitative estimate of drug-likeness (QED) is 0.0265. The van der Waals surface area contributed by atoms with Gasteiger partial charge in [-0.1, -0.05) is 221 Å². The molecule has 0 N–H and O–H groups in total. The van der Waals surface area contributed by atoms with E-state index in [4.69, 9.17) is 14.2 Å². The molecule has 6 nitrogen and oxygen atoms in total. The van der Waals surface area contributed by atoms with Crippen LogP contribution in [0.3, 0.4) is 0 Å². The fourth-order valence-electron chi connectivity index (χ4n) is 6.23. The number of hydrogen-bond donors (Lipinski definition) is 0. The molecule has 0 rings (SSSR count). The first-order valence-electron chi connectivity index (χ1n) is 23.8. The van der Waals surface area contributed by atoms with Gasteiger partial charge in [0.2, 0.25) is 0 Å². The van der Waals surface area contributed by atoms with Crippen molar-refractivity contribution in [2.75, 3.05) is 13.2 Å². The maximum atomic E-state index is 12.7. The maximum Gasteiger partial charge on any atom is 0.306 e. The summed E-state index contributed by atoms with van der Waals surface area (Å²) in [4.78, 5) is 37.8. The van der Waals surface area contributed by atoms with E-state index in [1.807, 2.05) is 72.9 Å². The molecule has 0 bridgehead atoms. The van der Waals surface area contributed by atoms with E-state index in [1.54, 1.807) is 0 Å². The third kappa shape index (κ3) is 45.3. The van der Waals surface area contributed by atoms with Crippen molar-refractivity contribution in [1.29, 1.82) is 0 Å². The van der Waals surface area contributed by atoms with E-state index in [2.05, 4.69) is 45.1 Å². The Bertz CT molecular complexity index is 1220. The lowest BCUT2D eigenvalue weighted by atomic mass is 10.0. The summed E-state index contributed by atoms with van der Waals surface area (Å²) in [6, 6.07) is 0. The first kappa shape index (κ1) is 55.3. The molecule has 0 aliphatic rings. The highest BCUT2D eigenvalue weighted by atomic mass is 16.6. The van der Waals surface area contributed by atoms with Crippen molar-refractivity contribution < 1.29 is 28.6 Å². The van der Waals surface area contributed by atoms with Gasteiger partial charge in [0.1, 0.15) is 13.2 Å². The van der Waals surface area contributed by atoms with E-state index in [1.165, 1.54) is 77.0 Å². The standard InChI is InChI=1S/C53H86O6/c1-4-7-10-13-16-19-22-25-26-29-31-34-37-40-43-46-52(55)58-49-50(59-53(56)47-44-41-38-35-32-28-24-21-18-15-12-9-6-3)48-57-51(54)45-42-39-36-33-30-27-23-20-17-14-11-8-5-2/h8-9,11-12,14-15,17-18,20-21,23-24,27-28,30,32,50H,4-7,10,13,16,19,22,25-26,29,31,33-49H2,1-3H3/b11-8-,12-9-,17-14-,18-15-,23-20-,24-21-,30-27-,32-28-. The number of hydrogen-bond acceptors (Lipinski definition) is 6. The van der Waals surface area contributed by atoms with Crippen LogP contribution in [0.4, 0.5) is 0 Å². The average Bonchev–Trinajstić information content (AvgIpc) is 3.23. The van der Waals surface area contributed by atoms with Gasteiger partial charge in [0.15, 0.2) is 6.10 Å². The lowest BCUT2D eigenvalue weighted by Crippen LogP contribution is -2.30. The molecule has 0 aromatic heterocycles. The van der Waals surface area contributed by atoms with Crippen LogP contribution in [-0.2, 0) is 28.6 Å². The lowest BCUT2D eigenvalue weighted by molar-refractivity contribution is -0.167. The molecule has 0 saturated carbocycles. The minimum atomic E-state index is -0.812. The lowest BCUT2D eigenvalue weighted by Gasteiger charge is -2.18. The van der Waals surface area contributed by atoms with Crippen molar-refractivity contribution in [2.45, 2.75) is 207 Å². The Morgan fingerprint density at radius 2 is 0.661 bits per heavy atom. The minimum absolute atomic E-state index is 0.106. The Morgan fingerprint density at radius 3 is 1.03 bits per heavy atom. The van der Waals surface area contributed by atoms with Crippen molar-refractivity contribution in [3.8, 4) is 0 Å². The van der Waals surface area contributed by atoms with Crippen LogP contribution in [0.25, 0.3) is 0 Å². The van der Waals surface area contributed by atoms with Gasteiger partial charge >= 0.3 is 17.9 Å². The molecule has 0 spiro atoms. The Hall–Kier alpha value is -3.67. The number of rotatable bonds is 41. The highest BCUT2D eigenvalue weighted by Gasteiger charge is 2.19. The zero-order valence-corrected chi connectivity index (χ0v) is 38.0. The van der Waals surface area contributed by atoms with Crippen LogP contribution < -0.4 is 0 Å². The molecule has 0 radical (unpaired) electrons. The molecular weight excluding hydrogens is 733 g/mol. The first-order chi connectivity index (χ1) is 29.0. The largest absolute Gasteiger partial charge is 0.462 e. The molecule has 0 fully saturated rings. The van der Waals surface area contributed by atoms with Gasteiger partial charge in [0.25, 0.3) is 0 Å². The second-order valence-electron chi connectivity index (χ2n) is 15.4. The van der Waals surface area contributed by atoms with Gasteiger partial charge in [-0.05, 0) is 57.8 Å². The first-order valence-corrected chi connectivity index (χ1v) is 23.8. The summed E-state index contributed by atoms with van der Waals surface area (Å²) < 4.78 is 16.7. The second kappa shape index (κ2) is 47.0. The normalized spacial score (nSPS) is 12.9. The van der Waals surface area contributed by atoms with Crippen LogP contribution in [0, 0.1) is 0 Å². The summed E-state index contributed by atoms with van der Waals surface area (Å²) >= 11 is 0. The fraction of sp³-hybridized carbons (Fsp3) is 0.642. The number of esters is 3. The fourth-order valence-corrected chi connectivity index (χ4v) is 6.23. The molecule has 1 unspecified atom stereocenters. The summed E-state index contributed by atoms with van der Waals surface area (Å²) in [7, 11) is 0. The predicted octanol–water partition coefficient (Wildman–Crippen LogP) is 15.4. The predicted molar refractivity (Wildman–Crippen MR) is 251 cm³/mol. The van der Waals surface area contributed by atoms with E-state index in [9.17, 15) is 14.4 Å². The van der Waals surface area contributed by atoms with Crippen molar-refractivity contribution in [1.82, 2.24) is 0 Å². The number of ether oxygens (including phenoxy) is 3. The van der Waals surface area contributed by atoms with E-state index in [-0.39, 0.29) is 37.5 Å². The summed E-state index contributed by atoms with van der Waals surface area (Å²) in [5.41, 5.74) is 0. The van der Waals surface area contributed by atoms with E-state index >= 15 is 0 Å². The third-order valence-electron chi connectivity index (χ3n) is 9.77. The van der Waals surface area contributed by atoms with Gasteiger partial charge in [-0.2, -0.15) is 0 Å². The molecule has 0 aliphatic carbocycles. The Balaban J connectivity index is 4.50. The molecule has 6 heteroatoms. The minimum Gasteiger partial charge on any atom is -0.462 e. The molecule has 0 amide bonds. The van der Waals surface area contributed by atoms with E-state index < -0.39 is 6.10 Å². The summed E-state index contributed by atoms with van der Waals surface area (Å²) in [6.45, 7) is 6.27. The van der Waals surface area contributed by atoms with Gasteiger partial charge in [-0.25, -0.2) is 0 Å². The van der Waals surface area contributed by atoms with Crippen molar-refractivity contribution in [3.05, 3.63) is 97.2 Å². The smallest absolute Gasteiger partial charge is 0.306 e. The SMILES string of the molecule is CC\C=C/C=C\C=C/C=C\CCCCCC(=O)OCC(COC(=O)CCCCCCCCCCCCCCCCC)OC(=O)CCCCC\C=C/C=C\C=C/C=C\CC. The topological polar surface area (TPSA) is 78.9 Å². The van der Waals surface area contributed by atoms with Gasteiger partial charge in [0, 0.05) is 19.3 Å². The average molecular weight is 819 g/mol. The molecule has 334 valence electrons. The van der Waals surface area contributed by atoms with E-state index in [0.29, 0.717) is 19.3 Å². The number of allylic oxidation sites excluding steroid dienone is 16. The van der Waals surface area contributed by atoms with Crippen LogP contribution in [-0.4, -0.2) is 37.2 Å². The molecule has 59 heavy (non-hydrogen) atoms. The number of carbonyl (C=O) groups is 3. The van der Waals surface area contributed by atoms with Crippen LogP contribution in [0.5, 0.6) is 0 Å².